The van der Waals surface area contributed by atoms with Crippen LogP contribution in [0, 0.1) is 0 Å². The number of aliphatic carboxylic acids is 1. The molecule has 0 unspecified atom stereocenters. The molecule has 1 aromatic rings. The molecular formula is C8H8F2O3S. The van der Waals surface area contributed by atoms with E-state index in [2.05, 4.69) is 0 Å². The molecule has 0 amide bonds. The van der Waals surface area contributed by atoms with Gasteiger partial charge < -0.3 is 9.52 Å². The minimum atomic E-state index is -3.67. The smallest absolute Gasteiger partial charge is 0.375 e. The molecule has 0 saturated carbocycles. The highest BCUT2D eigenvalue weighted by Crippen LogP contribution is 2.23. The lowest BCUT2D eigenvalue weighted by atomic mass is 10.4. The third kappa shape index (κ3) is 3.02. The van der Waals surface area contributed by atoms with Gasteiger partial charge in [-0.3, -0.25) is 0 Å². The molecule has 6 heteroatoms. The first-order chi connectivity index (χ1) is 6.52. The van der Waals surface area contributed by atoms with E-state index in [1.54, 1.807) is 12.1 Å². The third-order valence-corrected chi connectivity index (χ3v) is 2.48. The number of thioether (sulfide) groups is 1. The van der Waals surface area contributed by atoms with Crippen LogP contribution in [0.3, 0.4) is 0 Å². The van der Waals surface area contributed by atoms with Crippen LogP contribution in [0.25, 0.3) is 0 Å². The van der Waals surface area contributed by atoms with Gasteiger partial charge in [0.1, 0.15) is 5.76 Å². The molecule has 0 bridgehead atoms. The Labute approximate surface area is 83.1 Å². The van der Waals surface area contributed by atoms with Crippen molar-refractivity contribution >= 4 is 17.7 Å². The Morgan fingerprint density at radius 3 is 2.86 bits per heavy atom. The predicted octanol–water partition coefficient (Wildman–Crippen LogP) is 2.23. The lowest BCUT2D eigenvalue weighted by Gasteiger charge is -2.09. The lowest BCUT2D eigenvalue weighted by Crippen LogP contribution is -2.30. The molecule has 0 aliphatic heterocycles. The van der Waals surface area contributed by atoms with Gasteiger partial charge in [-0.05, 0) is 12.1 Å². The number of carboxylic acid groups (broad SMARTS) is 1. The molecule has 0 aromatic carbocycles. The molecule has 0 saturated heterocycles. The zero-order chi connectivity index (χ0) is 10.6. The largest absolute Gasteiger partial charge is 0.477 e. The molecule has 3 nitrogen and oxygen atoms in total. The molecule has 1 N–H and O–H groups in total. The van der Waals surface area contributed by atoms with Gasteiger partial charge in [0.2, 0.25) is 0 Å². The predicted molar refractivity (Wildman–Crippen MR) is 47.5 cm³/mol. The molecule has 78 valence electrons. The quantitative estimate of drug-likeness (QED) is 0.830. The van der Waals surface area contributed by atoms with Gasteiger partial charge in [-0.25, -0.2) is 4.79 Å². The summed E-state index contributed by atoms with van der Waals surface area (Å²) < 4.78 is 29.9. The number of hydrogen-bond acceptors (Lipinski definition) is 3. The number of furan rings is 1. The zero-order valence-electron chi connectivity index (χ0n) is 7.07. The van der Waals surface area contributed by atoms with Gasteiger partial charge in [-0.15, -0.1) is 11.8 Å². The van der Waals surface area contributed by atoms with Gasteiger partial charge in [0.05, 0.1) is 17.8 Å². The van der Waals surface area contributed by atoms with Gasteiger partial charge in [0.15, 0.2) is 0 Å². The Morgan fingerprint density at radius 1 is 1.64 bits per heavy atom. The number of rotatable bonds is 5. The summed E-state index contributed by atoms with van der Waals surface area (Å²) in [4.78, 5) is 10.0. The van der Waals surface area contributed by atoms with Crippen molar-refractivity contribution in [3.05, 3.63) is 24.2 Å². The molecule has 0 aliphatic carbocycles. The first-order valence-corrected chi connectivity index (χ1v) is 4.89. The second-order valence-electron chi connectivity index (χ2n) is 2.58. The summed E-state index contributed by atoms with van der Waals surface area (Å²) in [6.07, 6.45) is 1.44. The summed E-state index contributed by atoms with van der Waals surface area (Å²) in [5.74, 6) is -5.71. The summed E-state index contributed by atoms with van der Waals surface area (Å²) in [5.41, 5.74) is 0. The Kier molecular flexibility index (Phi) is 3.51. The highest BCUT2D eigenvalue weighted by atomic mass is 32.2. The second kappa shape index (κ2) is 4.45. The molecule has 0 radical (unpaired) electrons. The topological polar surface area (TPSA) is 50.4 Å². The maximum atomic E-state index is 12.5. The summed E-state index contributed by atoms with van der Waals surface area (Å²) in [6, 6.07) is 3.29. The molecule has 0 fully saturated rings. The molecule has 0 aliphatic rings. The molecule has 14 heavy (non-hydrogen) atoms. The maximum Gasteiger partial charge on any atom is 0.375 e. The van der Waals surface area contributed by atoms with E-state index in [-0.39, 0.29) is 5.75 Å². The minimum absolute atomic E-state index is 0.246. The van der Waals surface area contributed by atoms with Crippen LogP contribution in [0.4, 0.5) is 8.78 Å². The molecule has 1 rings (SSSR count). The first-order valence-electron chi connectivity index (χ1n) is 3.74. The number of halogens is 2. The van der Waals surface area contributed by atoms with E-state index < -0.39 is 17.6 Å². The molecule has 0 atom stereocenters. The molecule has 1 heterocycles. The van der Waals surface area contributed by atoms with E-state index in [9.17, 15) is 13.6 Å². The van der Waals surface area contributed by atoms with Crippen molar-refractivity contribution in [3.8, 4) is 0 Å². The van der Waals surface area contributed by atoms with Crippen LogP contribution in [-0.2, 0) is 10.5 Å². The normalized spacial score (nSPS) is 11.6. The standard InChI is InChI=1S/C8H8F2O3S/c9-8(10,7(11)12)5-14-4-6-2-1-3-13-6/h1-3H,4-5H2,(H,11,12). The number of alkyl halides is 2. The van der Waals surface area contributed by atoms with Crippen LogP contribution in [0.5, 0.6) is 0 Å². The van der Waals surface area contributed by atoms with Gasteiger partial charge in [0, 0.05) is 0 Å². The SMILES string of the molecule is O=C(O)C(F)(F)CSCc1ccco1. The zero-order valence-corrected chi connectivity index (χ0v) is 7.89. The van der Waals surface area contributed by atoms with Gasteiger partial charge >= 0.3 is 11.9 Å². The van der Waals surface area contributed by atoms with Crippen molar-refractivity contribution in [2.75, 3.05) is 5.75 Å². The van der Waals surface area contributed by atoms with Crippen LogP contribution in [0.1, 0.15) is 5.76 Å². The molecule has 0 spiro atoms. The Hall–Kier alpha value is -1.04. The van der Waals surface area contributed by atoms with Crippen LogP contribution < -0.4 is 0 Å². The fraction of sp³-hybridized carbons (Fsp3) is 0.375. The van der Waals surface area contributed by atoms with Crippen LogP contribution in [0.15, 0.2) is 22.8 Å². The summed E-state index contributed by atoms with van der Waals surface area (Å²) in [6.45, 7) is 0. The van der Waals surface area contributed by atoms with Crippen LogP contribution in [-0.4, -0.2) is 22.8 Å². The van der Waals surface area contributed by atoms with Gasteiger partial charge in [-0.1, -0.05) is 0 Å². The third-order valence-electron chi connectivity index (χ3n) is 1.42. The molecular weight excluding hydrogens is 214 g/mol. The van der Waals surface area contributed by atoms with E-state index in [0.717, 1.165) is 11.8 Å². The average Bonchev–Trinajstić information content (AvgIpc) is 2.56. The van der Waals surface area contributed by atoms with Crippen LogP contribution >= 0.6 is 11.8 Å². The van der Waals surface area contributed by atoms with E-state index in [4.69, 9.17) is 9.52 Å². The van der Waals surface area contributed by atoms with Crippen molar-refractivity contribution < 1.29 is 23.1 Å². The fourth-order valence-corrected chi connectivity index (χ4v) is 1.58. The summed E-state index contributed by atoms with van der Waals surface area (Å²) >= 11 is 0.822. The Balaban J connectivity index is 2.31. The fourth-order valence-electron chi connectivity index (χ4n) is 0.736. The summed E-state index contributed by atoms with van der Waals surface area (Å²) in [5, 5.41) is 8.11. The van der Waals surface area contributed by atoms with Crippen molar-refractivity contribution in [2.45, 2.75) is 11.7 Å². The van der Waals surface area contributed by atoms with Crippen molar-refractivity contribution in [3.63, 3.8) is 0 Å². The number of carboxylic acids is 1. The Bertz CT molecular complexity index is 298. The van der Waals surface area contributed by atoms with Gasteiger partial charge in [0.25, 0.3) is 0 Å². The second-order valence-corrected chi connectivity index (χ2v) is 3.57. The average molecular weight is 222 g/mol. The summed E-state index contributed by atoms with van der Waals surface area (Å²) in [7, 11) is 0. The van der Waals surface area contributed by atoms with E-state index in [1.807, 2.05) is 0 Å². The Morgan fingerprint density at radius 2 is 2.36 bits per heavy atom. The first kappa shape index (κ1) is 11.0. The van der Waals surface area contributed by atoms with Crippen molar-refractivity contribution in [1.82, 2.24) is 0 Å². The number of hydrogen-bond donors (Lipinski definition) is 1. The van der Waals surface area contributed by atoms with Crippen molar-refractivity contribution in [2.24, 2.45) is 0 Å². The lowest BCUT2D eigenvalue weighted by molar-refractivity contribution is -0.161. The van der Waals surface area contributed by atoms with E-state index >= 15 is 0 Å². The van der Waals surface area contributed by atoms with E-state index in [1.165, 1.54) is 6.26 Å². The monoisotopic (exact) mass is 222 g/mol. The minimum Gasteiger partial charge on any atom is -0.477 e. The molecule has 1 aromatic heterocycles. The van der Waals surface area contributed by atoms with E-state index in [0.29, 0.717) is 5.76 Å². The maximum absolute atomic E-state index is 12.5. The van der Waals surface area contributed by atoms with Crippen molar-refractivity contribution in [1.29, 1.82) is 0 Å². The number of carbonyl (C=O) groups is 1. The highest BCUT2D eigenvalue weighted by molar-refractivity contribution is 7.98. The highest BCUT2D eigenvalue weighted by Gasteiger charge is 2.38. The van der Waals surface area contributed by atoms with Crippen LogP contribution in [0.2, 0.25) is 0 Å². The van der Waals surface area contributed by atoms with Gasteiger partial charge in [-0.2, -0.15) is 8.78 Å².